The predicted molar refractivity (Wildman–Crippen MR) is 94.4 cm³/mol. The Bertz CT molecular complexity index is 896. The molecule has 0 aliphatic heterocycles. The second-order valence-corrected chi connectivity index (χ2v) is 5.68. The Morgan fingerprint density at radius 2 is 1.83 bits per heavy atom. The molecule has 4 heteroatoms. The van der Waals surface area contributed by atoms with Gasteiger partial charge in [-0.3, -0.25) is 4.79 Å². The van der Waals surface area contributed by atoms with E-state index in [1.807, 2.05) is 50.2 Å². The standard InChI is InChI=1S/C19H20N2O2/c1-12-4-5-14-10-15(19(22)21-18(14)13(12)2)11-20-16-6-8-17(23-3)9-7-16/h4-10,20H,11H2,1-3H3,(H,21,22). The van der Waals surface area contributed by atoms with Gasteiger partial charge in [0.15, 0.2) is 0 Å². The number of nitrogens with one attached hydrogen (secondary N) is 2. The van der Waals surface area contributed by atoms with Gasteiger partial charge in [-0.1, -0.05) is 12.1 Å². The van der Waals surface area contributed by atoms with Gasteiger partial charge in [-0.15, -0.1) is 0 Å². The van der Waals surface area contributed by atoms with Gasteiger partial charge in [0.05, 0.1) is 12.6 Å². The smallest absolute Gasteiger partial charge is 0.253 e. The number of aromatic nitrogens is 1. The molecule has 0 aliphatic rings. The summed E-state index contributed by atoms with van der Waals surface area (Å²) >= 11 is 0. The Kier molecular flexibility index (Phi) is 4.06. The summed E-state index contributed by atoms with van der Waals surface area (Å²) in [5.41, 5.74) is 4.84. The molecule has 1 aromatic heterocycles. The van der Waals surface area contributed by atoms with Crippen LogP contribution in [0.2, 0.25) is 0 Å². The predicted octanol–water partition coefficient (Wildman–Crippen LogP) is 3.77. The number of ether oxygens (including phenoxy) is 1. The van der Waals surface area contributed by atoms with Crippen molar-refractivity contribution < 1.29 is 4.74 Å². The highest BCUT2D eigenvalue weighted by molar-refractivity contribution is 5.83. The van der Waals surface area contributed by atoms with Crippen molar-refractivity contribution in [2.24, 2.45) is 0 Å². The highest BCUT2D eigenvalue weighted by Gasteiger charge is 2.06. The van der Waals surface area contributed by atoms with Crippen LogP contribution in [0.5, 0.6) is 5.75 Å². The van der Waals surface area contributed by atoms with Crippen molar-refractivity contribution in [2.75, 3.05) is 12.4 Å². The molecule has 2 N–H and O–H groups in total. The summed E-state index contributed by atoms with van der Waals surface area (Å²) in [4.78, 5) is 15.3. The van der Waals surface area contributed by atoms with Crippen LogP contribution in [0.3, 0.4) is 0 Å². The van der Waals surface area contributed by atoms with Crippen molar-refractivity contribution in [1.82, 2.24) is 4.98 Å². The molecule has 0 unspecified atom stereocenters. The number of H-pyrrole nitrogens is 1. The number of methoxy groups -OCH3 is 1. The summed E-state index contributed by atoms with van der Waals surface area (Å²) in [7, 11) is 1.64. The van der Waals surface area contributed by atoms with Gasteiger partial charge in [-0.25, -0.2) is 0 Å². The summed E-state index contributed by atoms with van der Waals surface area (Å²) in [6, 6.07) is 13.7. The molecule has 0 fully saturated rings. The molecule has 23 heavy (non-hydrogen) atoms. The van der Waals surface area contributed by atoms with Crippen LogP contribution in [0.4, 0.5) is 5.69 Å². The lowest BCUT2D eigenvalue weighted by atomic mass is 10.0. The average Bonchev–Trinajstić information content (AvgIpc) is 2.57. The van der Waals surface area contributed by atoms with Gasteiger partial charge >= 0.3 is 0 Å². The molecule has 0 aliphatic carbocycles. The Morgan fingerprint density at radius 3 is 2.52 bits per heavy atom. The van der Waals surface area contributed by atoms with Gasteiger partial charge in [0, 0.05) is 17.8 Å². The van der Waals surface area contributed by atoms with E-state index in [2.05, 4.69) is 16.4 Å². The molecule has 0 radical (unpaired) electrons. The van der Waals surface area contributed by atoms with E-state index in [0.717, 1.165) is 33.5 Å². The van der Waals surface area contributed by atoms with E-state index in [1.165, 1.54) is 5.56 Å². The zero-order valence-electron chi connectivity index (χ0n) is 13.6. The zero-order valence-corrected chi connectivity index (χ0v) is 13.6. The molecule has 3 aromatic rings. The van der Waals surface area contributed by atoms with Crippen LogP contribution in [0, 0.1) is 13.8 Å². The third kappa shape index (κ3) is 3.06. The fraction of sp³-hybridized carbons (Fsp3) is 0.211. The summed E-state index contributed by atoms with van der Waals surface area (Å²) < 4.78 is 5.14. The maximum atomic E-state index is 12.3. The first-order chi connectivity index (χ1) is 11.1. The van der Waals surface area contributed by atoms with Crippen LogP contribution in [0.25, 0.3) is 10.9 Å². The van der Waals surface area contributed by atoms with Gasteiger partial charge < -0.3 is 15.0 Å². The average molecular weight is 308 g/mol. The minimum absolute atomic E-state index is 0.0489. The molecule has 0 saturated carbocycles. The highest BCUT2D eigenvalue weighted by Crippen LogP contribution is 2.20. The Labute approximate surface area is 135 Å². The fourth-order valence-electron chi connectivity index (χ4n) is 2.61. The van der Waals surface area contributed by atoms with Crippen molar-refractivity contribution >= 4 is 16.6 Å². The van der Waals surface area contributed by atoms with Gasteiger partial charge in [0.1, 0.15) is 5.75 Å². The maximum Gasteiger partial charge on any atom is 0.253 e. The van der Waals surface area contributed by atoms with E-state index in [0.29, 0.717) is 6.54 Å². The largest absolute Gasteiger partial charge is 0.497 e. The third-order valence-corrected chi connectivity index (χ3v) is 4.20. The van der Waals surface area contributed by atoms with Crippen LogP contribution >= 0.6 is 0 Å². The van der Waals surface area contributed by atoms with E-state index in [1.54, 1.807) is 7.11 Å². The van der Waals surface area contributed by atoms with Crippen molar-refractivity contribution in [3.8, 4) is 5.75 Å². The van der Waals surface area contributed by atoms with Crippen molar-refractivity contribution in [1.29, 1.82) is 0 Å². The molecule has 118 valence electrons. The molecule has 0 amide bonds. The van der Waals surface area contributed by atoms with Crippen LogP contribution in [0.1, 0.15) is 16.7 Å². The molecular weight excluding hydrogens is 288 g/mol. The second-order valence-electron chi connectivity index (χ2n) is 5.68. The fourth-order valence-corrected chi connectivity index (χ4v) is 2.61. The van der Waals surface area contributed by atoms with Crippen LogP contribution in [0.15, 0.2) is 47.3 Å². The first kappa shape index (κ1) is 15.2. The number of hydrogen-bond donors (Lipinski definition) is 2. The number of aryl methyl sites for hydroxylation is 2. The van der Waals surface area contributed by atoms with E-state index >= 15 is 0 Å². The Hall–Kier alpha value is -2.75. The van der Waals surface area contributed by atoms with Gasteiger partial charge in [0.25, 0.3) is 5.56 Å². The van der Waals surface area contributed by atoms with Crippen molar-refractivity contribution in [3.63, 3.8) is 0 Å². The van der Waals surface area contributed by atoms with E-state index in [9.17, 15) is 4.79 Å². The molecule has 0 spiro atoms. The normalized spacial score (nSPS) is 10.7. The van der Waals surface area contributed by atoms with Crippen LogP contribution in [-0.4, -0.2) is 12.1 Å². The van der Waals surface area contributed by atoms with Crippen LogP contribution in [-0.2, 0) is 6.54 Å². The minimum Gasteiger partial charge on any atom is -0.497 e. The third-order valence-electron chi connectivity index (χ3n) is 4.20. The van der Waals surface area contributed by atoms with Crippen molar-refractivity contribution in [2.45, 2.75) is 20.4 Å². The lowest BCUT2D eigenvalue weighted by Gasteiger charge is -2.10. The second kappa shape index (κ2) is 6.16. The van der Waals surface area contributed by atoms with E-state index in [-0.39, 0.29) is 5.56 Å². The minimum atomic E-state index is -0.0489. The zero-order chi connectivity index (χ0) is 16.4. The first-order valence-corrected chi connectivity index (χ1v) is 7.58. The summed E-state index contributed by atoms with van der Waals surface area (Å²) in [6.07, 6.45) is 0. The van der Waals surface area contributed by atoms with E-state index in [4.69, 9.17) is 4.74 Å². The molecular formula is C19H20N2O2. The SMILES string of the molecule is COc1ccc(NCc2cc3ccc(C)c(C)c3[nH]c2=O)cc1. The number of aromatic amines is 1. The number of pyridine rings is 1. The molecule has 0 atom stereocenters. The molecule has 1 heterocycles. The summed E-state index contributed by atoms with van der Waals surface area (Å²) in [6.45, 7) is 4.56. The van der Waals surface area contributed by atoms with E-state index < -0.39 is 0 Å². The number of rotatable bonds is 4. The highest BCUT2D eigenvalue weighted by atomic mass is 16.5. The Morgan fingerprint density at radius 1 is 1.09 bits per heavy atom. The summed E-state index contributed by atoms with van der Waals surface area (Å²) in [5, 5.41) is 4.32. The lowest BCUT2D eigenvalue weighted by Crippen LogP contribution is -2.16. The molecule has 0 saturated heterocycles. The quantitative estimate of drug-likeness (QED) is 0.771. The Balaban J connectivity index is 1.86. The first-order valence-electron chi connectivity index (χ1n) is 7.58. The lowest BCUT2D eigenvalue weighted by molar-refractivity contribution is 0.415. The van der Waals surface area contributed by atoms with Crippen LogP contribution < -0.4 is 15.6 Å². The van der Waals surface area contributed by atoms with Gasteiger partial charge in [0.2, 0.25) is 0 Å². The number of hydrogen-bond acceptors (Lipinski definition) is 3. The molecule has 0 bridgehead atoms. The molecule has 2 aromatic carbocycles. The number of benzene rings is 2. The molecule has 3 rings (SSSR count). The molecule has 4 nitrogen and oxygen atoms in total. The number of anilines is 1. The maximum absolute atomic E-state index is 12.3. The van der Waals surface area contributed by atoms with Gasteiger partial charge in [-0.05, 0) is 60.7 Å². The van der Waals surface area contributed by atoms with Crippen molar-refractivity contribution in [3.05, 3.63) is 69.5 Å². The number of fused-ring (bicyclic) bond motifs is 1. The monoisotopic (exact) mass is 308 g/mol. The topological polar surface area (TPSA) is 54.1 Å². The summed E-state index contributed by atoms with van der Waals surface area (Å²) in [5.74, 6) is 0.810. The van der Waals surface area contributed by atoms with Gasteiger partial charge in [-0.2, -0.15) is 0 Å².